The second kappa shape index (κ2) is 9.76. The first kappa shape index (κ1) is 22.3. The van der Waals surface area contributed by atoms with E-state index >= 15 is 0 Å². The number of ether oxygens (including phenoxy) is 1. The molecule has 2 amide bonds. The molecule has 4 N–H and O–H groups in total. The molecule has 0 radical (unpaired) electrons. The summed E-state index contributed by atoms with van der Waals surface area (Å²) >= 11 is 0. The quantitative estimate of drug-likeness (QED) is 0.450. The number of rotatable bonds is 6. The number of hydrogen-bond acceptors (Lipinski definition) is 6. The van der Waals surface area contributed by atoms with Crippen LogP contribution >= 0.6 is 0 Å². The van der Waals surface area contributed by atoms with Crippen molar-refractivity contribution >= 4 is 23.1 Å². The third-order valence-electron chi connectivity index (χ3n) is 6.12. The first-order chi connectivity index (χ1) is 16.7. The van der Waals surface area contributed by atoms with Gasteiger partial charge < -0.3 is 15.4 Å². The highest BCUT2D eigenvalue weighted by Crippen LogP contribution is 2.42. The molecule has 0 spiro atoms. The van der Waals surface area contributed by atoms with E-state index in [2.05, 4.69) is 45.3 Å². The van der Waals surface area contributed by atoms with Crippen molar-refractivity contribution in [2.75, 3.05) is 44.7 Å². The van der Waals surface area contributed by atoms with Gasteiger partial charge in [0.15, 0.2) is 5.78 Å². The van der Waals surface area contributed by atoms with Crippen LogP contribution in [0.5, 0.6) is 0 Å². The third-order valence-corrected chi connectivity index (χ3v) is 6.12. The number of urea groups is 1. The summed E-state index contributed by atoms with van der Waals surface area (Å²) in [6.45, 7) is 6.20. The van der Waals surface area contributed by atoms with Crippen molar-refractivity contribution < 1.29 is 14.3 Å². The monoisotopic (exact) mass is 460 g/mol. The maximum absolute atomic E-state index is 13.6. The van der Waals surface area contributed by atoms with Gasteiger partial charge in [0.25, 0.3) is 0 Å². The molecule has 1 fully saturated rings. The lowest BCUT2D eigenvalue weighted by Gasteiger charge is -2.27. The van der Waals surface area contributed by atoms with Crippen LogP contribution in [0.15, 0.2) is 48.1 Å². The summed E-state index contributed by atoms with van der Waals surface area (Å²) in [4.78, 5) is 26.2. The Bertz CT molecular complexity index is 1200. The van der Waals surface area contributed by atoms with Crippen molar-refractivity contribution in [3.05, 3.63) is 64.9 Å². The smallest absolute Gasteiger partial charge is 0.333 e. The summed E-state index contributed by atoms with van der Waals surface area (Å²) in [6, 6.07) is 5.06. The molecule has 9 nitrogen and oxygen atoms in total. The van der Waals surface area contributed by atoms with Gasteiger partial charge in [0.05, 0.1) is 35.7 Å². The number of amides is 2. The number of H-pyrrole nitrogens is 1. The number of aromatic nitrogens is 2. The SMILES string of the molecule is CCNCC1=CC=C(c2n[nH]c3c2C(=O)c2c(NC(=O)NN4CCOCC4)cccc2-3)C=CC1. The van der Waals surface area contributed by atoms with Crippen LogP contribution in [-0.2, 0) is 4.74 Å². The number of nitrogens with one attached hydrogen (secondary N) is 4. The van der Waals surface area contributed by atoms with Gasteiger partial charge in [0, 0.05) is 30.8 Å². The van der Waals surface area contributed by atoms with Gasteiger partial charge in [-0.3, -0.25) is 15.3 Å². The lowest BCUT2D eigenvalue weighted by Crippen LogP contribution is -2.49. The van der Waals surface area contributed by atoms with Gasteiger partial charge in [-0.15, -0.1) is 0 Å². The van der Waals surface area contributed by atoms with E-state index in [4.69, 9.17) is 4.74 Å². The highest BCUT2D eigenvalue weighted by molar-refractivity contribution is 6.26. The Labute approximate surface area is 197 Å². The van der Waals surface area contributed by atoms with E-state index in [9.17, 15) is 9.59 Å². The molecule has 2 heterocycles. The molecule has 2 aromatic rings. The number of carbonyl (C=O) groups is 2. The number of carbonyl (C=O) groups excluding carboxylic acids is 2. The number of fused-ring (bicyclic) bond motifs is 3. The predicted molar refractivity (Wildman–Crippen MR) is 130 cm³/mol. The highest BCUT2D eigenvalue weighted by Gasteiger charge is 2.35. The van der Waals surface area contributed by atoms with Crippen molar-refractivity contribution in [1.29, 1.82) is 0 Å². The number of hydrazine groups is 1. The molecule has 9 heteroatoms. The molecule has 0 unspecified atom stereocenters. The van der Waals surface area contributed by atoms with Crippen molar-refractivity contribution in [3.63, 3.8) is 0 Å². The molecule has 1 aromatic carbocycles. The normalized spacial score (nSPS) is 17.5. The highest BCUT2D eigenvalue weighted by atomic mass is 16.5. The van der Waals surface area contributed by atoms with Gasteiger partial charge in [0.1, 0.15) is 5.69 Å². The van der Waals surface area contributed by atoms with Crippen LogP contribution in [0.25, 0.3) is 16.8 Å². The van der Waals surface area contributed by atoms with Crippen LogP contribution in [0.4, 0.5) is 10.5 Å². The van der Waals surface area contributed by atoms with Gasteiger partial charge in [-0.25, -0.2) is 9.80 Å². The fraction of sp³-hybridized carbons (Fsp3) is 0.320. The largest absolute Gasteiger partial charge is 0.379 e. The lowest BCUT2D eigenvalue weighted by molar-refractivity contribution is 0.0207. The summed E-state index contributed by atoms with van der Waals surface area (Å²) in [6.07, 6.45) is 9.06. The molecule has 0 saturated carbocycles. The number of morpholine rings is 1. The van der Waals surface area contributed by atoms with Crippen molar-refractivity contribution in [2.45, 2.75) is 13.3 Å². The zero-order chi connectivity index (χ0) is 23.5. The summed E-state index contributed by atoms with van der Waals surface area (Å²) < 4.78 is 5.31. The van der Waals surface area contributed by atoms with E-state index in [-0.39, 0.29) is 11.8 Å². The Kier molecular flexibility index (Phi) is 6.39. The molecule has 1 aliphatic heterocycles. The summed E-state index contributed by atoms with van der Waals surface area (Å²) in [5, 5.41) is 15.5. The van der Waals surface area contributed by atoms with E-state index in [1.165, 1.54) is 5.57 Å². The molecule has 5 rings (SSSR count). The van der Waals surface area contributed by atoms with Crippen molar-refractivity contribution in [2.24, 2.45) is 0 Å². The number of hydrogen-bond donors (Lipinski definition) is 4. The van der Waals surface area contributed by atoms with Gasteiger partial charge >= 0.3 is 6.03 Å². The van der Waals surface area contributed by atoms with Gasteiger partial charge in [-0.2, -0.15) is 5.10 Å². The molecule has 176 valence electrons. The van der Waals surface area contributed by atoms with Gasteiger partial charge in [-0.05, 0) is 19.0 Å². The summed E-state index contributed by atoms with van der Waals surface area (Å²) in [5.74, 6) is -0.147. The average molecular weight is 461 g/mol. The average Bonchev–Trinajstić information content (AvgIpc) is 3.30. The Morgan fingerprint density at radius 1 is 1.21 bits per heavy atom. The first-order valence-electron chi connectivity index (χ1n) is 11.6. The second-order valence-electron chi connectivity index (χ2n) is 8.38. The van der Waals surface area contributed by atoms with Crippen molar-refractivity contribution in [1.82, 2.24) is 25.9 Å². The van der Waals surface area contributed by atoms with E-state index in [1.54, 1.807) is 11.1 Å². The first-order valence-corrected chi connectivity index (χ1v) is 11.6. The second-order valence-corrected chi connectivity index (χ2v) is 8.38. The Morgan fingerprint density at radius 3 is 2.88 bits per heavy atom. The molecule has 34 heavy (non-hydrogen) atoms. The van der Waals surface area contributed by atoms with Crippen LogP contribution < -0.4 is 16.1 Å². The number of nitrogens with zero attached hydrogens (tertiary/aromatic N) is 2. The minimum atomic E-state index is -0.384. The number of likely N-dealkylation sites (N-methyl/N-ethyl adjacent to an activating group) is 1. The fourth-order valence-electron chi connectivity index (χ4n) is 4.41. The molecular formula is C25H28N6O3. The van der Waals surface area contributed by atoms with Crippen LogP contribution in [0.2, 0.25) is 0 Å². The molecule has 1 saturated heterocycles. The Morgan fingerprint density at radius 2 is 2.06 bits per heavy atom. The summed E-state index contributed by atoms with van der Waals surface area (Å²) in [7, 11) is 0. The van der Waals surface area contributed by atoms with E-state index in [0.717, 1.165) is 30.6 Å². The van der Waals surface area contributed by atoms with E-state index in [0.29, 0.717) is 54.5 Å². The number of benzene rings is 1. The maximum atomic E-state index is 13.6. The Balaban J connectivity index is 1.40. The van der Waals surface area contributed by atoms with Crippen LogP contribution in [0.3, 0.4) is 0 Å². The van der Waals surface area contributed by atoms with Crippen LogP contribution in [0.1, 0.15) is 35.0 Å². The maximum Gasteiger partial charge on any atom is 0.333 e. The van der Waals surface area contributed by atoms with E-state index in [1.807, 2.05) is 24.3 Å². The number of allylic oxidation sites excluding steroid dienone is 5. The molecule has 0 bridgehead atoms. The molecule has 2 aliphatic carbocycles. The molecule has 1 aromatic heterocycles. The number of ketones is 1. The summed E-state index contributed by atoms with van der Waals surface area (Å²) in [5.41, 5.74) is 8.51. The standard InChI is InChI=1S/C25H28N6O3/c1-2-26-15-16-5-3-6-17(10-9-16)22-21-23(29-28-22)18-7-4-8-19(20(18)24(21)32)27-25(33)30-31-11-13-34-14-12-31/h3-4,6-10,26H,2,5,11-15H2,1H3,(H,28,29)(H2,27,30,33). The zero-order valence-corrected chi connectivity index (χ0v) is 19.1. The topological polar surface area (TPSA) is 111 Å². The van der Waals surface area contributed by atoms with Gasteiger partial charge in [0.2, 0.25) is 0 Å². The third kappa shape index (κ3) is 4.33. The van der Waals surface area contributed by atoms with Crippen LogP contribution in [0, 0.1) is 0 Å². The predicted octanol–water partition coefficient (Wildman–Crippen LogP) is 2.87. The fourth-order valence-corrected chi connectivity index (χ4v) is 4.41. The zero-order valence-electron chi connectivity index (χ0n) is 19.1. The lowest BCUT2D eigenvalue weighted by atomic mass is 10.0. The van der Waals surface area contributed by atoms with Gasteiger partial charge in [-0.1, -0.05) is 48.9 Å². The Hall–Kier alpha value is -3.53. The number of aromatic amines is 1. The molecule has 3 aliphatic rings. The molecular weight excluding hydrogens is 432 g/mol. The minimum Gasteiger partial charge on any atom is -0.379 e. The number of anilines is 1. The van der Waals surface area contributed by atoms with Crippen molar-refractivity contribution in [3.8, 4) is 11.3 Å². The van der Waals surface area contributed by atoms with Crippen LogP contribution in [-0.4, -0.2) is 66.4 Å². The van der Waals surface area contributed by atoms with E-state index < -0.39 is 0 Å². The minimum absolute atomic E-state index is 0.147. The molecule has 0 atom stereocenters.